The minimum absolute atomic E-state index is 0.712. The Labute approximate surface area is 116 Å². The molecular formula is C14H15N3OS. The molecule has 3 rings (SSSR count). The van der Waals surface area contributed by atoms with Crippen molar-refractivity contribution in [2.24, 2.45) is 0 Å². The molecule has 4 nitrogen and oxygen atoms in total. The van der Waals surface area contributed by atoms with Crippen molar-refractivity contribution >= 4 is 18.0 Å². The Kier molecular flexibility index (Phi) is 3.64. The molecule has 0 atom stereocenters. The largest absolute Gasteiger partial charge is 0.314 e. The van der Waals surface area contributed by atoms with Gasteiger partial charge in [-0.1, -0.05) is 12.1 Å². The topological polar surface area (TPSA) is 47.8 Å². The number of aldehydes is 1. The van der Waals surface area contributed by atoms with Gasteiger partial charge in [0.15, 0.2) is 0 Å². The molecule has 2 aromatic rings. The highest BCUT2D eigenvalue weighted by Crippen LogP contribution is 2.24. The van der Waals surface area contributed by atoms with Gasteiger partial charge in [-0.2, -0.15) is 0 Å². The van der Waals surface area contributed by atoms with E-state index in [2.05, 4.69) is 14.8 Å². The SMILES string of the molecule is O=Cc1ccc(SCc2nnc3n2CCCC3)cc1. The predicted molar refractivity (Wildman–Crippen MR) is 74.4 cm³/mol. The summed E-state index contributed by atoms with van der Waals surface area (Å²) in [6.45, 7) is 1.04. The summed E-state index contributed by atoms with van der Waals surface area (Å²) in [5.41, 5.74) is 0.712. The van der Waals surface area contributed by atoms with Gasteiger partial charge in [-0.05, 0) is 25.0 Å². The van der Waals surface area contributed by atoms with Crippen LogP contribution in [0.4, 0.5) is 0 Å². The molecule has 0 saturated carbocycles. The van der Waals surface area contributed by atoms with Crippen LogP contribution in [0, 0.1) is 0 Å². The number of hydrogen-bond donors (Lipinski definition) is 0. The van der Waals surface area contributed by atoms with E-state index in [0.717, 1.165) is 41.5 Å². The summed E-state index contributed by atoms with van der Waals surface area (Å²) in [6, 6.07) is 7.63. The summed E-state index contributed by atoms with van der Waals surface area (Å²) in [5.74, 6) is 3.00. The first-order chi connectivity index (χ1) is 9.36. The Morgan fingerprint density at radius 3 is 2.84 bits per heavy atom. The summed E-state index contributed by atoms with van der Waals surface area (Å²) in [4.78, 5) is 11.7. The van der Waals surface area contributed by atoms with Crippen LogP contribution in [0.3, 0.4) is 0 Å². The Morgan fingerprint density at radius 2 is 2.05 bits per heavy atom. The third-order valence-corrected chi connectivity index (χ3v) is 4.33. The number of thioether (sulfide) groups is 1. The van der Waals surface area contributed by atoms with Crippen LogP contribution in [0.25, 0.3) is 0 Å². The predicted octanol–water partition coefficient (Wildman–Crippen LogP) is 2.72. The Bertz CT molecular complexity index is 577. The number of carbonyl (C=O) groups is 1. The lowest BCUT2D eigenvalue weighted by Gasteiger charge is -2.14. The quantitative estimate of drug-likeness (QED) is 0.635. The van der Waals surface area contributed by atoms with Gasteiger partial charge in [0, 0.05) is 23.4 Å². The number of aromatic nitrogens is 3. The smallest absolute Gasteiger partial charge is 0.150 e. The first-order valence-electron chi connectivity index (χ1n) is 6.46. The molecule has 2 heterocycles. The van der Waals surface area contributed by atoms with Gasteiger partial charge in [0.2, 0.25) is 0 Å². The molecule has 1 aliphatic rings. The molecule has 98 valence electrons. The number of rotatable bonds is 4. The summed E-state index contributed by atoms with van der Waals surface area (Å²) in [6.07, 6.45) is 4.35. The summed E-state index contributed by atoms with van der Waals surface area (Å²) in [7, 11) is 0. The second kappa shape index (κ2) is 5.57. The zero-order valence-corrected chi connectivity index (χ0v) is 11.4. The van der Waals surface area contributed by atoms with Crippen molar-refractivity contribution in [2.45, 2.75) is 36.5 Å². The second-order valence-corrected chi connectivity index (χ2v) is 5.67. The molecule has 5 heteroatoms. The zero-order valence-electron chi connectivity index (χ0n) is 10.6. The fraction of sp³-hybridized carbons (Fsp3) is 0.357. The van der Waals surface area contributed by atoms with Gasteiger partial charge >= 0.3 is 0 Å². The summed E-state index contributed by atoms with van der Waals surface area (Å²) in [5, 5.41) is 8.53. The average Bonchev–Trinajstić information content (AvgIpc) is 2.89. The normalized spacial score (nSPS) is 14.1. The van der Waals surface area contributed by atoms with Gasteiger partial charge in [0.05, 0.1) is 5.75 Å². The second-order valence-electron chi connectivity index (χ2n) is 4.62. The van der Waals surface area contributed by atoms with Crippen molar-refractivity contribution in [1.29, 1.82) is 0 Å². The van der Waals surface area contributed by atoms with Crippen LogP contribution in [0.2, 0.25) is 0 Å². The van der Waals surface area contributed by atoms with Crippen molar-refractivity contribution in [2.75, 3.05) is 0 Å². The van der Waals surface area contributed by atoms with Crippen molar-refractivity contribution in [3.8, 4) is 0 Å². The maximum atomic E-state index is 10.6. The summed E-state index contributed by atoms with van der Waals surface area (Å²) >= 11 is 1.73. The fourth-order valence-electron chi connectivity index (χ4n) is 2.27. The van der Waals surface area contributed by atoms with E-state index in [9.17, 15) is 4.79 Å². The lowest BCUT2D eigenvalue weighted by molar-refractivity contribution is 0.112. The van der Waals surface area contributed by atoms with Gasteiger partial charge in [-0.3, -0.25) is 4.79 Å². The molecule has 0 N–H and O–H groups in total. The van der Waals surface area contributed by atoms with Crippen LogP contribution < -0.4 is 0 Å². The molecule has 0 spiro atoms. The average molecular weight is 273 g/mol. The van der Waals surface area contributed by atoms with Crippen LogP contribution in [0.5, 0.6) is 0 Å². The summed E-state index contributed by atoms with van der Waals surface area (Å²) < 4.78 is 2.25. The minimum Gasteiger partial charge on any atom is -0.314 e. The van der Waals surface area contributed by atoms with E-state index in [1.165, 1.54) is 12.8 Å². The number of nitrogens with zero attached hydrogens (tertiary/aromatic N) is 3. The Morgan fingerprint density at radius 1 is 1.21 bits per heavy atom. The van der Waals surface area contributed by atoms with Crippen LogP contribution in [0.1, 0.15) is 34.8 Å². The van der Waals surface area contributed by atoms with E-state index in [4.69, 9.17) is 0 Å². The van der Waals surface area contributed by atoms with E-state index < -0.39 is 0 Å². The van der Waals surface area contributed by atoms with Crippen molar-refractivity contribution in [1.82, 2.24) is 14.8 Å². The molecule has 19 heavy (non-hydrogen) atoms. The lowest BCUT2D eigenvalue weighted by Crippen LogP contribution is -2.12. The molecule has 0 unspecified atom stereocenters. The maximum Gasteiger partial charge on any atom is 0.150 e. The number of aryl methyl sites for hydroxylation is 1. The molecule has 0 aliphatic carbocycles. The monoisotopic (exact) mass is 273 g/mol. The first kappa shape index (κ1) is 12.4. The van der Waals surface area contributed by atoms with Gasteiger partial charge in [0.25, 0.3) is 0 Å². The molecule has 1 aliphatic heterocycles. The highest BCUT2D eigenvalue weighted by molar-refractivity contribution is 7.98. The van der Waals surface area contributed by atoms with Crippen LogP contribution in [0.15, 0.2) is 29.2 Å². The van der Waals surface area contributed by atoms with Gasteiger partial charge < -0.3 is 4.57 Å². The van der Waals surface area contributed by atoms with Crippen molar-refractivity contribution in [3.05, 3.63) is 41.5 Å². The van der Waals surface area contributed by atoms with Crippen LogP contribution >= 0.6 is 11.8 Å². The fourth-order valence-corrected chi connectivity index (χ4v) is 3.10. The van der Waals surface area contributed by atoms with Gasteiger partial charge in [0.1, 0.15) is 17.9 Å². The van der Waals surface area contributed by atoms with Gasteiger partial charge in [-0.25, -0.2) is 0 Å². The van der Waals surface area contributed by atoms with Gasteiger partial charge in [-0.15, -0.1) is 22.0 Å². The highest BCUT2D eigenvalue weighted by Gasteiger charge is 2.15. The highest BCUT2D eigenvalue weighted by atomic mass is 32.2. The maximum absolute atomic E-state index is 10.6. The van der Waals surface area contributed by atoms with Crippen LogP contribution in [-0.2, 0) is 18.7 Å². The number of fused-ring (bicyclic) bond motifs is 1. The Hall–Kier alpha value is -1.62. The third kappa shape index (κ3) is 2.71. The molecule has 0 fully saturated rings. The molecular weight excluding hydrogens is 258 g/mol. The number of carbonyl (C=O) groups excluding carboxylic acids is 1. The number of benzene rings is 1. The Balaban J connectivity index is 1.68. The molecule has 1 aromatic heterocycles. The minimum atomic E-state index is 0.712. The molecule has 0 bridgehead atoms. The lowest BCUT2D eigenvalue weighted by atomic mass is 10.2. The molecule has 0 amide bonds. The zero-order chi connectivity index (χ0) is 13.1. The molecule has 0 saturated heterocycles. The van der Waals surface area contributed by atoms with Crippen molar-refractivity contribution in [3.63, 3.8) is 0 Å². The van der Waals surface area contributed by atoms with E-state index in [1.54, 1.807) is 11.8 Å². The van der Waals surface area contributed by atoms with E-state index in [-0.39, 0.29) is 0 Å². The number of hydrogen-bond acceptors (Lipinski definition) is 4. The first-order valence-corrected chi connectivity index (χ1v) is 7.44. The standard InChI is InChI=1S/C14H15N3OS/c18-9-11-4-6-12(7-5-11)19-10-14-16-15-13-3-1-2-8-17(13)14/h4-7,9H,1-3,8,10H2. The molecule has 1 aromatic carbocycles. The van der Waals surface area contributed by atoms with Crippen molar-refractivity contribution < 1.29 is 4.79 Å². The van der Waals surface area contributed by atoms with Crippen LogP contribution in [-0.4, -0.2) is 21.1 Å². The van der Waals surface area contributed by atoms with E-state index in [1.807, 2.05) is 24.3 Å². The van der Waals surface area contributed by atoms with E-state index in [0.29, 0.717) is 5.56 Å². The van der Waals surface area contributed by atoms with E-state index >= 15 is 0 Å². The molecule has 0 radical (unpaired) electrons. The third-order valence-electron chi connectivity index (χ3n) is 3.32.